The number of amides is 1. The van der Waals surface area contributed by atoms with Crippen molar-refractivity contribution in [2.75, 3.05) is 0 Å². The Morgan fingerprint density at radius 1 is 1.44 bits per heavy atom. The number of carbonyl (C=O) groups excluding carboxylic acids is 1. The number of carboxylic acid groups (broad SMARTS) is 1. The lowest BCUT2D eigenvalue weighted by Gasteiger charge is -2.16. The van der Waals surface area contributed by atoms with Crippen molar-refractivity contribution in [1.82, 2.24) is 5.32 Å². The third kappa shape index (κ3) is 5.03. The normalized spacial score (nSPS) is 11.9. The first-order valence-electron chi connectivity index (χ1n) is 5.81. The minimum atomic E-state index is -0.892. The average Bonchev–Trinajstić information content (AvgIpc) is 2.28. The van der Waals surface area contributed by atoms with Gasteiger partial charge in [0.15, 0.2) is 0 Å². The van der Waals surface area contributed by atoms with E-state index in [0.29, 0.717) is 12.0 Å². The van der Waals surface area contributed by atoms with Crippen molar-refractivity contribution < 1.29 is 14.7 Å². The molecule has 0 aliphatic carbocycles. The van der Waals surface area contributed by atoms with Gasteiger partial charge in [0.05, 0.1) is 6.42 Å². The topological polar surface area (TPSA) is 66.4 Å². The van der Waals surface area contributed by atoms with E-state index in [9.17, 15) is 9.59 Å². The van der Waals surface area contributed by atoms with Gasteiger partial charge >= 0.3 is 5.97 Å². The molecule has 0 saturated heterocycles. The number of benzene rings is 1. The Hall–Kier alpha value is -1.11. The fraction of sp³-hybridized carbons (Fsp3) is 0.385. The Kier molecular flexibility index (Phi) is 6.11. The molecule has 0 bridgehead atoms. The Bertz CT molecular complexity index is 434. The van der Waals surface area contributed by atoms with Crippen LogP contribution in [0.4, 0.5) is 0 Å². The minimum absolute atomic E-state index is 0.0382. The average molecular weight is 361 g/mol. The van der Waals surface area contributed by atoms with Gasteiger partial charge in [-0.25, -0.2) is 0 Å². The number of carbonyl (C=O) groups is 2. The Morgan fingerprint density at radius 3 is 2.72 bits per heavy atom. The largest absolute Gasteiger partial charge is 0.481 e. The molecule has 1 aromatic rings. The molecule has 0 aromatic heterocycles. The van der Waals surface area contributed by atoms with Gasteiger partial charge in [0, 0.05) is 15.2 Å². The van der Waals surface area contributed by atoms with Crippen molar-refractivity contribution in [3.63, 3.8) is 0 Å². The van der Waals surface area contributed by atoms with Gasteiger partial charge in [-0.2, -0.15) is 0 Å². The SMILES string of the molecule is CCCC(CC(=O)O)NC(=O)c1cccc(I)c1. The number of hydrogen-bond donors (Lipinski definition) is 2. The summed E-state index contributed by atoms with van der Waals surface area (Å²) in [6, 6.07) is 6.90. The molecule has 0 spiro atoms. The smallest absolute Gasteiger partial charge is 0.305 e. The van der Waals surface area contributed by atoms with Gasteiger partial charge in [0.1, 0.15) is 0 Å². The highest BCUT2D eigenvalue weighted by atomic mass is 127. The summed E-state index contributed by atoms with van der Waals surface area (Å²) in [5.74, 6) is -1.11. The summed E-state index contributed by atoms with van der Waals surface area (Å²) in [5, 5.41) is 11.6. The summed E-state index contributed by atoms with van der Waals surface area (Å²) >= 11 is 2.13. The molecule has 0 radical (unpaired) electrons. The number of hydrogen-bond acceptors (Lipinski definition) is 2. The molecule has 1 unspecified atom stereocenters. The highest BCUT2D eigenvalue weighted by Crippen LogP contribution is 2.09. The molecular formula is C13H16INO3. The zero-order valence-corrected chi connectivity index (χ0v) is 12.3. The maximum absolute atomic E-state index is 12.0. The van der Waals surface area contributed by atoms with E-state index in [-0.39, 0.29) is 18.4 Å². The number of halogens is 1. The van der Waals surface area contributed by atoms with Crippen LogP contribution in [-0.4, -0.2) is 23.0 Å². The Morgan fingerprint density at radius 2 is 2.17 bits per heavy atom. The van der Waals surface area contributed by atoms with E-state index in [0.717, 1.165) is 9.99 Å². The molecule has 0 saturated carbocycles. The quantitative estimate of drug-likeness (QED) is 0.766. The van der Waals surface area contributed by atoms with Crippen molar-refractivity contribution in [2.45, 2.75) is 32.2 Å². The van der Waals surface area contributed by atoms with E-state index >= 15 is 0 Å². The van der Waals surface area contributed by atoms with Gasteiger partial charge in [-0.15, -0.1) is 0 Å². The van der Waals surface area contributed by atoms with Gasteiger partial charge in [0.25, 0.3) is 5.91 Å². The van der Waals surface area contributed by atoms with E-state index < -0.39 is 5.97 Å². The van der Waals surface area contributed by atoms with Crippen LogP contribution < -0.4 is 5.32 Å². The monoisotopic (exact) mass is 361 g/mol. The van der Waals surface area contributed by atoms with Crippen LogP contribution in [0.2, 0.25) is 0 Å². The standard InChI is InChI=1S/C13H16INO3/c1-2-4-11(8-12(16)17)15-13(18)9-5-3-6-10(14)7-9/h3,5-7,11H,2,4,8H2,1H3,(H,15,18)(H,16,17). The van der Waals surface area contributed by atoms with Crippen molar-refractivity contribution in [3.8, 4) is 0 Å². The van der Waals surface area contributed by atoms with Crippen LogP contribution in [0, 0.1) is 3.57 Å². The number of nitrogens with one attached hydrogen (secondary N) is 1. The third-order valence-corrected chi connectivity index (χ3v) is 3.15. The van der Waals surface area contributed by atoms with E-state index in [1.165, 1.54) is 0 Å². The van der Waals surface area contributed by atoms with Crippen LogP contribution in [0.5, 0.6) is 0 Å². The van der Waals surface area contributed by atoms with Crippen LogP contribution >= 0.6 is 22.6 Å². The Balaban J connectivity index is 2.68. The van der Waals surface area contributed by atoms with Gasteiger partial charge in [0.2, 0.25) is 0 Å². The molecule has 1 atom stereocenters. The summed E-state index contributed by atoms with van der Waals surface area (Å²) in [5.41, 5.74) is 0.563. The van der Waals surface area contributed by atoms with Crippen LogP contribution in [0.25, 0.3) is 0 Å². The highest BCUT2D eigenvalue weighted by molar-refractivity contribution is 14.1. The van der Waals surface area contributed by atoms with Crippen molar-refractivity contribution in [2.24, 2.45) is 0 Å². The lowest BCUT2D eigenvalue weighted by molar-refractivity contribution is -0.137. The van der Waals surface area contributed by atoms with E-state index in [2.05, 4.69) is 27.9 Å². The molecule has 0 aliphatic heterocycles. The van der Waals surface area contributed by atoms with Crippen molar-refractivity contribution in [1.29, 1.82) is 0 Å². The summed E-state index contributed by atoms with van der Waals surface area (Å²) in [6.45, 7) is 1.96. The number of carboxylic acids is 1. The molecule has 0 aliphatic rings. The summed E-state index contributed by atoms with van der Waals surface area (Å²) in [6.07, 6.45) is 1.47. The summed E-state index contributed by atoms with van der Waals surface area (Å²) in [4.78, 5) is 22.7. The van der Waals surface area contributed by atoms with E-state index in [4.69, 9.17) is 5.11 Å². The fourth-order valence-corrected chi connectivity index (χ4v) is 2.23. The molecule has 4 nitrogen and oxygen atoms in total. The first-order chi connectivity index (χ1) is 8.52. The number of aliphatic carboxylic acids is 1. The van der Waals surface area contributed by atoms with E-state index in [1.54, 1.807) is 12.1 Å². The van der Waals surface area contributed by atoms with Gasteiger partial charge in [-0.3, -0.25) is 9.59 Å². The summed E-state index contributed by atoms with van der Waals surface area (Å²) < 4.78 is 0.977. The van der Waals surface area contributed by atoms with E-state index in [1.807, 2.05) is 19.1 Å². The maximum Gasteiger partial charge on any atom is 0.305 e. The van der Waals surface area contributed by atoms with Crippen LogP contribution in [0.1, 0.15) is 36.5 Å². The molecule has 98 valence electrons. The zero-order valence-electron chi connectivity index (χ0n) is 10.1. The lowest BCUT2D eigenvalue weighted by atomic mass is 10.1. The van der Waals surface area contributed by atoms with Crippen LogP contribution in [0.3, 0.4) is 0 Å². The second-order valence-electron chi connectivity index (χ2n) is 4.07. The van der Waals surface area contributed by atoms with Crippen LogP contribution in [-0.2, 0) is 4.79 Å². The maximum atomic E-state index is 12.0. The zero-order chi connectivity index (χ0) is 13.5. The molecule has 18 heavy (non-hydrogen) atoms. The lowest BCUT2D eigenvalue weighted by Crippen LogP contribution is -2.36. The molecule has 1 rings (SSSR count). The van der Waals surface area contributed by atoms with Crippen molar-refractivity contribution in [3.05, 3.63) is 33.4 Å². The molecule has 1 amide bonds. The van der Waals surface area contributed by atoms with Gasteiger partial charge in [-0.1, -0.05) is 19.4 Å². The third-order valence-electron chi connectivity index (χ3n) is 2.48. The first-order valence-corrected chi connectivity index (χ1v) is 6.89. The predicted molar refractivity (Wildman–Crippen MR) is 77.6 cm³/mol. The molecule has 2 N–H and O–H groups in total. The summed E-state index contributed by atoms with van der Waals surface area (Å²) in [7, 11) is 0. The van der Waals surface area contributed by atoms with Gasteiger partial charge in [-0.05, 0) is 47.2 Å². The highest BCUT2D eigenvalue weighted by Gasteiger charge is 2.16. The van der Waals surface area contributed by atoms with Crippen LogP contribution in [0.15, 0.2) is 24.3 Å². The molecule has 1 aromatic carbocycles. The Labute approximate surface area is 120 Å². The first kappa shape index (κ1) is 14.9. The second kappa shape index (κ2) is 7.35. The molecule has 0 heterocycles. The van der Waals surface area contributed by atoms with Crippen molar-refractivity contribution >= 4 is 34.5 Å². The van der Waals surface area contributed by atoms with Gasteiger partial charge < -0.3 is 10.4 Å². The second-order valence-corrected chi connectivity index (χ2v) is 5.31. The number of rotatable bonds is 6. The molecule has 5 heteroatoms. The predicted octanol–water partition coefficient (Wildman–Crippen LogP) is 2.66. The minimum Gasteiger partial charge on any atom is -0.481 e. The molecule has 0 fully saturated rings. The fourth-order valence-electron chi connectivity index (χ4n) is 1.68. The molecular weight excluding hydrogens is 345 g/mol.